The number of carbonyl (C=O) groups is 1. The molecule has 1 rings (SSSR count). The molecule has 3 N–H and O–H groups in total. The van der Waals surface area contributed by atoms with Crippen LogP contribution in [0.4, 0.5) is 5.69 Å². The molecule has 17 heavy (non-hydrogen) atoms. The van der Waals surface area contributed by atoms with Crippen molar-refractivity contribution in [1.29, 1.82) is 0 Å². The van der Waals surface area contributed by atoms with Gasteiger partial charge >= 0.3 is 0 Å². The maximum absolute atomic E-state index is 12.0. The van der Waals surface area contributed by atoms with Crippen molar-refractivity contribution in [3.63, 3.8) is 0 Å². The van der Waals surface area contributed by atoms with E-state index in [0.717, 1.165) is 0 Å². The molecule has 0 aromatic heterocycles. The van der Waals surface area contributed by atoms with E-state index in [9.17, 15) is 9.00 Å². The Morgan fingerprint density at radius 2 is 2.24 bits per heavy atom. The second kappa shape index (κ2) is 6.24. The molecule has 94 valence electrons. The maximum atomic E-state index is 12.0. The van der Waals surface area contributed by atoms with E-state index in [4.69, 9.17) is 10.5 Å². The van der Waals surface area contributed by atoms with Crippen LogP contribution in [0.25, 0.3) is 0 Å². The highest BCUT2D eigenvalue weighted by molar-refractivity contribution is 7.85. The number of benzene rings is 1. The summed E-state index contributed by atoms with van der Waals surface area (Å²) in [6.07, 6.45) is 0.219. The van der Waals surface area contributed by atoms with Gasteiger partial charge in [0.25, 0.3) is 0 Å². The Morgan fingerprint density at radius 3 is 2.82 bits per heavy atom. The van der Waals surface area contributed by atoms with Crippen LogP contribution in [-0.4, -0.2) is 30.0 Å². The van der Waals surface area contributed by atoms with Crippen molar-refractivity contribution in [3.05, 3.63) is 18.2 Å². The molecule has 1 aromatic carbocycles. The van der Waals surface area contributed by atoms with E-state index in [1.807, 2.05) is 0 Å². The van der Waals surface area contributed by atoms with Crippen LogP contribution in [0.15, 0.2) is 23.1 Å². The lowest BCUT2D eigenvalue weighted by atomic mass is 10.3. The van der Waals surface area contributed by atoms with Crippen LogP contribution in [0.1, 0.15) is 6.42 Å². The van der Waals surface area contributed by atoms with Crippen molar-refractivity contribution in [2.24, 2.45) is 0 Å². The van der Waals surface area contributed by atoms with Crippen LogP contribution in [0.5, 0.6) is 5.75 Å². The summed E-state index contributed by atoms with van der Waals surface area (Å²) in [6, 6.07) is 4.94. The van der Waals surface area contributed by atoms with E-state index in [1.165, 1.54) is 7.11 Å². The molecule has 0 aliphatic heterocycles. The lowest BCUT2D eigenvalue weighted by Crippen LogP contribution is -2.19. The Labute approximate surface area is 103 Å². The quantitative estimate of drug-likeness (QED) is 0.753. The molecule has 0 aliphatic rings. The standard InChI is InChI=1S/C11H16N2O3S/c1-13-11(14)5-6-17(15)10-4-3-8(12)7-9(10)16-2/h3-4,7H,5-6,12H2,1-2H3,(H,13,14). The predicted molar refractivity (Wildman–Crippen MR) is 67.4 cm³/mol. The van der Waals surface area contributed by atoms with Crippen molar-refractivity contribution in [2.75, 3.05) is 25.6 Å². The first-order valence-electron chi connectivity index (χ1n) is 5.11. The van der Waals surface area contributed by atoms with Crippen LogP contribution < -0.4 is 15.8 Å². The summed E-state index contributed by atoms with van der Waals surface area (Å²) < 4.78 is 17.1. The molecule has 1 amide bonds. The summed E-state index contributed by atoms with van der Waals surface area (Å²) >= 11 is 0. The topological polar surface area (TPSA) is 81.4 Å². The van der Waals surface area contributed by atoms with Gasteiger partial charge in [-0.25, -0.2) is 0 Å². The van der Waals surface area contributed by atoms with Gasteiger partial charge < -0.3 is 15.8 Å². The highest BCUT2D eigenvalue weighted by atomic mass is 32.2. The SMILES string of the molecule is CNC(=O)CCS(=O)c1ccc(N)cc1OC. The Bertz CT molecular complexity index is 435. The first kappa shape index (κ1) is 13.5. The van der Waals surface area contributed by atoms with Crippen LogP contribution in [-0.2, 0) is 15.6 Å². The Kier molecular flexibility index (Phi) is 4.96. The smallest absolute Gasteiger partial charge is 0.220 e. The molecule has 0 saturated heterocycles. The molecule has 6 heteroatoms. The fourth-order valence-corrected chi connectivity index (χ4v) is 2.47. The van der Waals surface area contributed by atoms with E-state index in [2.05, 4.69) is 5.32 Å². The molecule has 5 nitrogen and oxygen atoms in total. The van der Waals surface area contributed by atoms with E-state index in [0.29, 0.717) is 16.3 Å². The van der Waals surface area contributed by atoms with Gasteiger partial charge in [0.2, 0.25) is 5.91 Å². The number of amides is 1. The van der Waals surface area contributed by atoms with Crippen molar-refractivity contribution >= 4 is 22.4 Å². The van der Waals surface area contributed by atoms with Gasteiger partial charge in [-0.1, -0.05) is 0 Å². The third-order valence-corrected chi connectivity index (χ3v) is 3.63. The van der Waals surface area contributed by atoms with Crippen molar-refractivity contribution in [2.45, 2.75) is 11.3 Å². The number of carbonyl (C=O) groups excluding carboxylic acids is 1. The third kappa shape index (κ3) is 3.74. The lowest BCUT2D eigenvalue weighted by molar-refractivity contribution is -0.120. The third-order valence-electron chi connectivity index (χ3n) is 2.23. The van der Waals surface area contributed by atoms with E-state index in [-0.39, 0.29) is 18.1 Å². The highest BCUT2D eigenvalue weighted by Gasteiger charge is 2.12. The molecule has 1 aromatic rings. The number of ether oxygens (including phenoxy) is 1. The molecule has 0 fully saturated rings. The normalized spacial score (nSPS) is 11.9. The van der Waals surface area contributed by atoms with Gasteiger partial charge in [0.15, 0.2) is 0 Å². The van der Waals surface area contributed by atoms with Crippen LogP contribution in [0.2, 0.25) is 0 Å². The van der Waals surface area contributed by atoms with Gasteiger partial charge in [0.1, 0.15) is 5.75 Å². The van der Waals surface area contributed by atoms with Crippen LogP contribution in [0.3, 0.4) is 0 Å². The zero-order valence-electron chi connectivity index (χ0n) is 9.86. The maximum Gasteiger partial charge on any atom is 0.220 e. The minimum absolute atomic E-state index is 0.132. The average Bonchev–Trinajstić information content (AvgIpc) is 2.35. The van der Waals surface area contributed by atoms with Crippen molar-refractivity contribution in [3.8, 4) is 5.75 Å². The van der Waals surface area contributed by atoms with Gasteiger partial charge in [0.05, 0.1) is 22.8 Å². The molecular formula is C11H16N2O3S. The molecule has 0 bridgehead atoms. The van der Waals surface area contributed by atoms with Crippen molar-refractivity contribution in [1.82, 2.24) is 5.32 Å². The summed E-state index contributed by atoms with van der Waals surface area (Å²) in [5.74, 6) is 0.618. The second-order valence-electron chi connectivity index (χ2n) is 3.38. The van der Waals surface area contributed by atoms with Gasteiger partial charge in [-0.3, -0.25) is 9.00 Å². The molecule has 0 aliphatic carbocycles. The zero-order chi connectivity index (χ0) is 12.8. The largest absolute Gasteiger partial charge is 0.495 e. The number of methoxy groups -OCH3 is 1. The Morgan fingerprint density at radius 1 is 1.53 bits per heavy atom. The molecular weight excluding hydrogens is 240 g/mol. The number of nitrogens with two attached hydrogens (primary N) is 1. The number of hydrogen-bond acceptors (Lipinski definition) is 4. The van der Waals surface area contributed by atoms with E-state index >= 15 is 0 Å². The molecule has 0 heterocycles. The average molecular weight is 256 g/mol. The van der Waals surface area contributed by atoms with Gasteiger partial charge in [-0.2, -0.15) is 0 Å². The minimum atomic E-state index is -1.27. The molecule has 1 atom stereocenters. The number of nitrogens with one attached hydrogen (secondary N) is 1. The molecule has 0 spiro atoms. The molecule has 0 radical (unpaired) electrons. The minimum Gasteiger partial charge on any atom is -0.495 e. The van der Waals surface area contributed by atoms with Crippen molar-refractivity contribution < 1.29 is 13.7 Å². The Hall–Kier alpha value is -1.56. The highest BCUT2D eigenvalue weighted by Crippen LogP contribution is 2.25. The monoisotopic (exact) mass is 256 g/mol. The van der Waals surface area contributed by atoms with E-state index < -0.39 is 10.8 Å². The Balaban J connectivity index is 2.78. The summed E-state index contributed by atoms with van der Waals surface area (Å²) in [5, 5.41) is 2.48. The number of nitrogen functional groups attached to an aromatic ring is 1. The first-order valence-corrected chi connectivity index (χ1v) is 6.43. The summed E-state index contributed by atoms with van der Waals surface area (Å²) in [6.45, 7) is 0. The first-order chi connectivity index (χ1) is 8.08. The fraction of sp³-hybridized carbons (Fsp3) is 0.364. The van der Waals surface area contributed by atoms with Gasteiger partial charge in [0, 0.05) is 31.0 Å². The lowest BCUT2D eigenvalue weighted by Gasteiger charge is -2.08. The summed E-state index contributed by atoms with van der Waals surface area (Å²) in [5.41, 5.74) is 6.15. The second-order valence-corrected chi connectivity index (χ2v) is 4.92. The van der Waals surface area contributed by atoms with Crippen LogP contribution >= 0.6 is 0 Å². The van der Waals surface area contributed by atoms with Crippen LogP contribution in [0, 0.1) is 0 Å². The summed E-state index contributed by atoms with van der Waals surface area (Å²) in [7, 11) is 1.78. The van der Waals surface area contributed by atoms with Gasteiger partial charge in [-0.15, -0.1) is 0 Å². The molecule has 1 unspecified atom stereocenters. The fourth-order valence-electron chi connectivity index (χ4n) is 1.29. The number of hydrogen-bond donors (Lipinski definition) is 2. The zero-order valence-corrected chi connectivity index (χ0v) is 10.7. The van der Waals surface area contributed by atoms with Gasteiger partial charge in [-0.05, 0) is 12.1 Å². The number of anilines is 1. The van der Waals surface area contributed by atoms with E-state index in [1.54, 1.807) is 25.2 Å². The number of rotatable bonds is 5. The molecule has 0 saturated carbocycles. The predicted octanol–water partition coefficient (Wildman–Crippen LogP) is 0.521. The summed E-state index contributed by atoms with van der Waals surface area (Å²) in [4.78, 5) is 11.6.